The Balaban J connectivity index is 1.85. The molecule has 25 heavy (non-hydrogen) atoms. The van der Waals surface area contributed by atoms with Crippen LogP contribution in [0.5, 0.6) is 5.75 Å². The van der Waals surface area contributed by atoms with Gasteiger partial charge in [-0.1, -0.05) is 11.6 Å². The number of halogens is 2. The van der Waals surface area contributed by atoms with E-state index < -0.39 is 0 Å². The van der Waals surface area contributed by atoms with E-state index in [2.05, 4.69) is 10.4 Å². The van der Waals surface area contributed by atoms with E-state index in [0.717, 1.165) is 0 Å². The number of nitrogens with zero attached hydrogens (tertiary/aromatic N) is 2. The fraction of sp³-hybridized carbons (Fsp3) is 0.111. The van der Waals surface area contributed by atoms with Gasteiger partial charge in [-0.25, -0.2) is 9.07 Å². The van der Waals surface area contributed by atoms with Gasteiger partial charge in [0.25, 0.3) is 5.91 Å². The molecule has 0 aliphatic carbocycles. The van der Waals surface area contributed by atoms with Crippen LogP contribution in [-0.4, -0.2) is 22.8 Å². The number of hydrogen-bond donors (Lipinski definition) is 1. The third-order valence-electron chi connectivity index (χ3n) is 3.75. The van der Waals surface area contributed by atoms with E-state index in [4.69, 9.17) is 16.3 Å². The average Bonchev–Trinajstić information content (AvgIpc) is 2.99. The highest BCUT2D eigenvalue weighted by Gasteiger charge is 2.16. The molecule has 0 aliphatic heterocycles. The second kappa shape index (κ2) is 6.94. The van der Waals surface area contributed by atoms with Crippen molar-refractivity contribution in [2.75, 3.05) is 12.4 Å². The van der Waals surface area contributed by atoms with E-state index in [1.807, 2.05) is 0 Å². The molecule has 1 N–H and O–H groups in total. The zero-order valence-electron chi connectivity index (χ0n) is 13.6. The van der Waals surface area contributed by atoms with E-state index in [1.165, 1.54) is 25.4 Å². The summed E-state index contributed by atoms with van der Waals surface area (Å²) in [6, 6.07) is 10.9. The molecule has 128 valence electrons. The number of hydrogen-bond acceptors (Lipinski definition) is 3. The molecule has 0 radical (unpaired) electrons. The lowest BCUT2D eigenvalue weighted by Gasteiger charge is -2.09. The Hall–Kier alpha value is -2.86. The molecule has 1 aromatic heterocycles. The van der Waals surface area contributed by atoms with Gasteiger partial charge in [0.05, 0.1) is 41.0 Å². The number of nitrogens with one attached hydrogen (secondary N) is 1. The summed E-state index contributed by atoms with van der Waals surface area (Å²) in [5, 5.41) is 7.33. The Kier molecular flexibility index (Phi) is 4.72. The lowest BCUT2D eigenvalue weighted by atomic mass is 10.2. The molecule has 0 bridgehead atoms. The summed E-state index contributed by atoms with van der Waals surface area (Å²) < 4.78 is 19.7. The molecule has 0 fully saturated rings. The SMILES string of the molecule is COc1ccc(NC(=O)c2cnn(-c3ccc(F)cc3)c2C)c(Cl)c1. The molecule has 2 aromatic carbocycles. The first-order chi connectivity index (χ1) is 12.0. The molecule has 7 heteroatoms. The zero-order chi connectivity index (χ0) is 18.0. The minimum Gasteiger partial charge on any atom is -0.497 e. The minimum absolute atomic E-state index is 0.333. The Morgan fingerprint density at radius 2 is 1.96 bits per heavy atom. The van der Waals surface area contributed by atoms with Gasteiger partial charge in [0.2, 0.25) is 0 Å². The van der Waals surface area contributed by atoms with Gasteiger partial charge in [-0.2, -0.15) is 5.10 Å². The van der Waals surface area contributed by atoms with Crippen LogP contribution in [-0.2, 0) is 0 Å². The fourth-order valence-electron chi connectivity index (χ4n) is 2.39. The maximum absolute atomic E-state index is 13.1. The van der Waals surface area contributed by atoms with Gasteiger partial charge in [-0.3, -0.25) is 4.79 Å². The van der Waals surface area contributed by atoms with Gasteiger partial charge in [-0.15, -0.1) is 0 Å². The Morgan fingerprint density at radius 1 is 1.24 bits per heavy atom. The summed E-state index contributed by atoms with van der Waals surface area (Å²) in [5.74, 6) is -0.0677. The number of anilines is 1. The molecular weight excluding hydrogens is 345 g/mol. The highest BCUT2D eigenvalue weighted by molar-refractivity contribution is 6.34. The summed E-state index contributed by atoms with van der Waals surface area (Å²) in [6.07, 6.45) is 1.46. The van der Waals surface area contributed by atoms with Crippen molar-refractivity contribution in [3.8, 4) is 11.4 Å². The van der Waals surface area contributed by atoms with Crippen molar-refractivity contribution in [1.82, 2.24) is 9.78 Å². The summed E-state index contributed by atoms with van der Waals surface area (Å²) in [5.41, 5.74) is 2.17. The van der Waals surface area contributed by atoms with Crippen LogP contribution in [0.3, 0.4) is 0 Å². The molecular formula is C18H15ClFN3O2. The first-order valence-corrected chi connectivity index (χ1v) is 7.83. The van der Waals surface area contributed by atoms with Crippen LogP contribution in [0, 0.1) is 12.7 Å². The average molecular weight is 360 g/mol. The number of benzene rings is 2. The third-order valence-corrected chi connectivity index (χ3v) is 4.06. The van der Waals surface area contributed by atoms with Crippen LogP contribution in [0.4, 0.5) is 10.1 Å². The van der Waals surface area contributed by atoms with Crippen LogP contribution in [0.1, 0.15) is 16.1 Å². The van der Waals surface area contributed by atoms with E-state index in [0.29, 0.717) is 33.4 Å². The molecule has 3 aromatic rings. The van der Waals surface area contributed by atoms with Crippen molar-refractivity contribution < 1.29 is 13.9 Å². The third kappa shape index (κ3) is 3.49. The van der Waals surface area contributed by atoms with Crippen molar-refractivity contribution in [3.05, 3.63) is 70.8 Å². The first-order valence-electron chi connectivity index (χ1n) is 7.45. The Morgan fingerprint density at radius 3 is 2.60 bits per heavy atom. The van der Waals surface area contributed by atoms with E-state index in [-0.39, 0.29) is 11.7 Å². The lowest BCUT2D eigenvalue weighted by Crippen LogP contribution is -2.13. The highest BCUT2D eigenvalue weighted by Crippen LogP contribution is 2.27. The van der Waals surface area contributed by atoms with Crippen LogP contribution < -0.4 is 10.1 Å². The number of ether oxygens (including phenoxy) is 1. The first kappa shape index (κ1) is 17.0. The van der Waals surface area contributed by atoms with Gasteiger partial charge in [-0.05, 0) is 43.3 Å². The van der Waals surface area contributed by atoms with Crippen molar-refractivity contribution in [3.63, 3.8) is 0 Å². The van der Waals surface area contributed by atoms with Crippen molar-refractivity contribution >= 4 is 23.2 Å². The molecule has 0 spiro atoms. The second-order valence-electron chi connectivity index (χ2n) is 5.33. The minimum atomic E-state index is -0.335. The van der Waals surface area contributed by atoms with Crippen LogP contribution in [0.2, 0.25) is 5.02 Å². The number of aromatic nitrogens is 2. The Bertz CT molecular complexity index is 923. The normalized spacial score (nSPS) is 10.6. The number of methoxy groups -OCH3 is 1. The van der Waals surface area contributed by atoms with E-state index in [9.17, 15) is 9.18 Å². The monoisotopic (exact) mass is 359 g/mol. The zero-order valence-corrected chi connectivity index (χ0v) is 14.3. The van der Waals surface area contributed by atoms with Crippen molar-refractivity contribution in [2.45, 2.75) is 6.92 Å². The van der Waals surface area contributed by atoms with E-state index >= 15 is 0 Å². The molecule has 0 saturated heterocycles. The maximum atomic E-state index is 13.1. The van der Waals surface area contributed by atoms with Gasteiger partial charge < -0.3 is 10.1 Å². The van der Waals surface area contributed by atoms with E-state index in [1.54, 1.807) is 41.9 Å². The molecule has 1 amide bonds. The highest BCUT2D eigenvalue weighted by atomic mass is 35.5. The predicted octanol–water partition coefficient (Wildman–Crippen LogP) is 4.23. The van der Waals surface area contributed by atoms with Crippen LogP contribution >= 0.6 is 11.6 Å². The topological polar surface area (TPSA) is 56.1 Å². The van der Waals surface area contributed by atoms with Gasteiger partial charge in [0.1, 0.15) is 11.6 Å². The number of carbonyl (C=O) groups excluding carboxylic acids is 1. The molecule has 3 rings (SSSR count). The van der Waals surface area contributed by atoms with Crippen molar-refractivity contribution in [1.29, 1.82) is 0 Å². The number of carbonyl (C=O) groups is 1. The summed E-state index contributed by atoms with van der Waals surface area (Å²) >= 11 is 6.14. The molecule has 5 nitrogen and oxygen atoms in total. The Labute approximate surface area is 149 Å². The van der Waals surface area contributed by atoms with Gasteiger partial charge in [0, 0.05) is 6.07 Å². The molecule has 0 aliphatic rings. The second-order valence-corrected chi connectivity index (χ2v) is 5.74. The predicted molar refractivity (Wildman–Crippen MR) is 94.2 cm³/mol. The summed E-state index contributed by atoms with van der Waals surface area (Å²) in [7, 11) is 1.54. The summed E-state index contributed by atoms with van der Waals surface area (Å²) in [6.45, 7) is 1.76. The number of rotatable bonds is 4. The van der Waals surface area contributed by atoms with Crippen LogP contribution in [0.25, 0.3) is 5.69 Å². The number of amides is 1. The van der Waals surface area contributed by atoms with Gasteiger partial charge >= 0.3 is 0 Å². The van der Waals surface area contributed by atoms with Crippen molar-refractivity contribution in [2.24, 2.45) is 0 Å². The lowest BCUT2D eigenvalue weighted by molar-refractivity contribution is 0.102. The standard InChI is InChI=1S/C18H15ClFN3O2/c1-11-15(10-21-23(11)13-5-3-12(20)4-6-13)18(24)22-17-8-7-14(25-2)9-16(17)19/h3-10H,1-2H3,(H,22,24). The van der Waals surface area contributed by atoms with Crippen LogP contribution in [0.15, 0.2) is 48.7 Å². The maximum Gasteiger partial charge on any atom is 0.259 e. The molecule has 0 saturated carbocycles. The molecule has 0 atom stereocenters. The molecule has 0 unspecified atom stereocenters. The quantitative estimate of drug-likeness (QED) is 0.758. The largest absolute Gasteiger partial charge is 0.497 e. The molecule has 1 heterocycles. The van der Waals surface area contributed by atoms with Gasteiger partial charge in [0.15, 0.2) is 0 Å². The summed E-state index contributed by atoms with van der Waals surface area (Å²) in [4.78, 5) is 12.5. The fourth-order valence-corrected chi connectivity index (χ4v) is 2.61. The smallest absolute Gasteiger partial charge is 0.259 e.